The van der Waals surface area contributed by atoms with Crippen molar-refractivity contribution in [1.29, 1.82) is 0 Å². The van der Waals surface area contributed by atoms with Crippen LogP contribution in [-0.2, 0) is 9.53 Å². The van der Waals surface area contributed by atoms with Crippen molar-refractivity contribution in [3.63, 3.8) is 0 Å². The molecule has 2 aromatic rings. The molecule has 0 bridgehead atoms. The number of ether oxygens (including phenoxy) is 2. The normalized spacial score (nSPS) is 11.3. The van der Waals surface area contributed by atoms with Gasteiger partial charge in [0.2, 0.25) is 0 Å². The molecule has 0 fully saturated rings. The monoisotopic (exact) mass is 401 g/mol. The van der Waals surface area contributed by atoms with Gasteiger partial charge < -0.3 is 19.7 Å². The Balaban J connectivity index is 2.10. The van der Waals surface area contributed by atoms with Gasteiger partial charge in [0, 0.05) is 31.9 Å². The summed E-state index contributed by atoms with van der Waals surface area (Å²) >= 11 is 0. The highest BCUT2D eigenvalue weighted by molar-refractivity contribution is 6.00. The third-order valence-electron chi connectivity index (χ3n) is 3.98. The van der Waals surface area contributed by atoms with Crippen LogP contribution in [0.5, 0.6) is 5.75 Å². The predicted octanol–water partition coefficient (Wildman–Crippen LogP) is 3.24. The maximum Gasteiger partial charge on any atom is 0.341 e. The Labute approximate surface area is 168 Å². The lowest BCUT2D eigenvalue weighted by Crippen LogP contribution is -2.30. The largest absolute Gasteiger partial charge is 0.494 e. The highest BCUT2D eigenvalue weighted by Gasteiger charge is 2.24. The molecule has 0 aliphatic carbocycles. The number of carbonyl (C=O) groups is 2. The molecule has 0 aliphatic rings. The number of anilines is 2. The van der Waals surface area contributed by atoms with E-state index in [4.69, 9.17) is 9.47 Å². The van der Waals surface area contributed by atoms with Crippen molar-refractivity contribution in [2.24, 2.45) is 0 Å². The number of benzene rings is 2. The van der Waals surface area contributed by atoms with Crippen LogP contribution in [0.3, 0.4) is 0 Å². The minimum absolute atomic E-state index is 0.00455. The third-order valence-corrected chi connectivity index (χ3v) is 3.98. The third kappa shape index (κ3) is 5.68. The number of nitrogens with zero attached hydrogens (tertiary/aromatic N) is 2. The molecule has 29 heavy (non-hydrogen) atoms. The first kappa shape index (κ1) is 21.7. The van der Waals surface area contributed by atoms with Gasteiger partial charge in [-0.1, -0.05) is 0 Å². The molecule has 2 aromatic carbocycles. The van der Waals surface area contributed by atoms with Crippen LogP contribution in [0.15, 0.2) is 42.5 Å². The lowest BCUT2D eigenvalue weighted by atomic mass is 10.1. The maximum atomic E-state index is 12.6. The summed E-state index contributed by atoms with van der Waals surface area (Å²) in [4.78, 5) is 37.0. The standard InChI is InChI=1S/C20H23N3O6/c1-5-28-16-9-6-14(7-10-16)21-19(24)13(2)29-20(25)17-12-15(23(26)27)8-11-18(17)22(3)4/h6-13H,5H2,1-4H3,(H,21,24)/t13-/m0/s1. The summed E-state index contributed by atoms with van der Waals surface area (Å²) in [5, 5.41) is 13.7. The fourth-order valence-electron chi connectivity index (χ4n) is 2.51. The van der Waals surface area contributed by atoms with Gasteiger partial charge in [-0.3, -0.25) is 14.9 Å². The molecule has 0 heterocycles. The van der Waals surface area contributed by atoms with Crippen LogP contribution in [0.1, 0.15) is 24.2 Å². The Morgan fingerprint density at radius 3 is 2.38 bits per heavy atom. The molecule has 0 unspecified atom stereocenters. The molecule has 0 spiro atoms. The number of non-ortho nitro benzene ring substituents is 1. The lowest BCUT2D eigenvalue weighted by Gasteiger charge is -2.18. The molecular formula is C20H23N3O6. The first-order chi connectivity index (χ1) is 13.7. The van der Waals surface area contributed by atoms with Crippen LogP contribution in [0.25, 0.3) is 0 Å². The summed E-state index contributed by atoms with van der Waals surface area (Å²) in [6.07, 6.45) is -1.11. The van der Waals surface area contributed by atoms with Gasteiger partial charge in [-0.25, -0.2) is 4.79 Å². The zero-order valence-corrected chi connectivity index (χ0v) is 16.7. The Morgan fingerprint density at radius 2 is 1.83 bits per heavy atom. The number of nitro benzene ring substituents is 1. The topological polar surface area (TPSA) is 111 Å². The van der Waals surface area contributed by atoms with Crippen molar-refractivity contribution in [2.75, 3.05) is 30.9 Å². The van der Waals surface area contributed by atoms with Gasteiger partial charge in [-0.2, -0.15) is 0 Å². The molecule has 2 rings (SSSR count). The maximum absolute atomic E-state index is 12.6. The number of amides is 1. The van der Waals surface area contributed by atoms with E-state index < -0.39 is 22.9 Å². The molecular weight excluding hydrogens is 378 g/mol. The van der Waals surface area contributed by atoms with Gasteiger partial charge >= 0.3 is 5.97 Å². The number of esters is 1. The average Bonchev–Trinajstić information content (AvgIpc) is 2.68. The Kier molecular flexibility index (Phi) is 7.13. The molecule has 0 saturated heterocycles. The number of nitro groups is 1. The highest BCUT2D eigenvalue weighted by atomic mass is 16.6. The van der Waals surface area contributed by atoms with E-state index >= 15 is 0 Å². The van der Waals surface area contributed by atoms with E-state index in [-0.39, 0.29) is 11.3 Å². The van der Waals surface area contributed by atoms with Crippen molar-refractivity contribution in [3.8, 4) is 5.75 Å². The van der Waals surface area contributed by atoms with Gasteiger partial charge in [-0.05, 0) is 44.2 Å². The van der Waals surface area contributed by atoms with Crippen LogP contribution < -0.4 is 15.0 Å². The molecule has 1 N–H and O–H groups in total. The van der Waals surface area contributed by atoms with E-state index in [1.807, 2.05) is 6.92 Å². The fourth-order valence-corrected chi connectivity index (χ4v) is 2.51. The Hall–Kier alpha value is -3.62. The minimum Gasteiger partial charge on any atom is -0.494 e. The van der Waals surface area contributed by atoms with Gasteiger partial charge in [-0.15, -0.1) is 0 Å². The van der Waals surface area contributed by atoms with Crippen LogP contribution in [0.2, 0.25) is 0 Å². The minimum atomic E-state index is -1.11. The molecule has 0 radical (unpaired) electrons. The summed E-state index contributed by atoms with van der Waals surface area (Å²) in [7, 11) is 3.39. The smallest absolute Gasteiger partial charge is 0.341 e. The molecule has 0 aliphatic heterocycles. The van der Waals surface area contributed by atoms with Gasteiger partial charge in [0.1, 0.15) is 5.75 Å². The second kappa shape index (κ2) is 9.54. The molecule has 9 nitrogen and oxygen atoms in total. The average molecular weight is 401 g/mol. The molecule has 9 heteroatoms. The predicted molar refractivity (Wildman–Crippen MR) is 109 cm³/mol. The first-order valence-corrected chi connectivity index (χ1v) is 8.93. The Bertz CT molecular complexity index is 896. The van der Waals surface area contributed by atoms with Crippen molar-refractivity contribution < 1.29 is 24.0 Å². The summed E-state index contributed by atoms with van der Waals surface area (Å²) in [6.45, 7) is 3.83. The van der Waals surface area contributed by atoms with E-state index in [0.717, 1.165) is 6.07 Å². The summed E-state index contributed by atoms with van der Waals surface area (Å²) in [5.41, 5.74) is 0.726. The summed E-state index contributed by atoms with van der Waals surface area (Å²) < 4.78 is 10.6. The van der Waals surface area contributed by atoms with Crippen molar-refractivity contribution in [1.82, 2.24) is 0 Å². The number of nitrogens with one attached hydrogen (secondary N) is 1. The molecule has 1 atom stereocenters. The van der Waals surface area contributed by atoms with Crippen molar-refractivity contribution >= 4 is 28.9 Å². The van der Waals surface area contributed by atoms with E-state index in [1.165, 1.54) is 19.1 Å². The van der Waals surface area contributed by atoms with Crippen molar-refractivity contribution in [2.45, 2.75) is 20.0 Å². The second-order valence-electron chi connectivity index (χ2n) is 6.35. The van der Waals surface area contributed by atoms with E-state index in [9.17, 15) is 19.7 Å². The highest BCUT2D eigenvalue weighted by Crippen LogP contribution is 2.25. The quantitative estimate of drug-likeness (QED) is 0.411. The van der Waals surface area contributed by atoms with Gasteiger partial charge in [0.25, 0.3) is 11.6 Å². The van der Waals surface area contributed by atoms with Crippen LogP contribution in [0, 0.1) is 10.1 Å². The lowest BCUT2D eigenvalue weighted by molar-refractivity contribution is -0.384. The summed E-state index contributed by atoms with van der Waals surface area (Å²) in [5.74, 6) is -0.682. The fraction of sp³-hybridized carbons (Fsp3) is 0.300. The van der Waals surface area contributed by atoms with E-state index in [2.05, 4.69) is 5.32 Å². The summed E-state index contributed by atoms with van der Waals surface area (Å²) in [6, 6.07) is 10.6. The van der Waals surface area contributed by atoms with Crippen LogP contribution >= 0.6 is 0 Å². The molecule has 1 amide bonds. The van der Waals surface area contributed by atoms with Gasteiger partial charge in [0.05, 0.1) is 22.8 Å². The number of hydrogen-bond donors (Lipinski definition) is 1. The van der Waals surface area contributed by atoms with Crippen LogP contribution in [0.4, 0.5) is 17.1 Å². The SMILES string of the molecule is CCOc1ccc(NC(=O)[C@H](C)OC(=O)c2cc([N+](=O)[O-])ccc2N(C)C)cc1. The van der Waals surface area contributed by atoms with Crippen molar-refractivity contribution in [3.05, 3.63) is 58.1 Å². The second-order valence-corrected chi connectivity index (χ2v) is 6.35. The van der Waals surface area contributed by atoms with Crippen LogP contribution in [-0.4, -0.2) is 43.6 Å². The number of hydrogen-bond acceptors (Lipinski definition) is 7. The van der Waals surface area contributed by atoms with E-state index in [1.54, 1.807) is 43.3 Å². The molecule has 154 valence electrons. The number of carbonyl (C=O) groups excluding carboxylic acids is 2. The zero-order valence-electron chi connectivity index (χ0n) is 16.7. The zero-order chi connectivity index (χ0) is 21.6. The first-order valence-electron chi connectivity index (χ1n) is 8.93. The number of rotatable bonds is 8. The van der Waals surface area contributed by atoms with E-state index in [0.29, 0.717) is 23.7 Å². The molecule has 0 aromatic heterocycles. The molecule has 0 saturated carbocycles. The van der Waals surface area contributed by atoms with Gasteiger partial charge in [0.15, 0.2) is 6.10 Å². The Morgan fingerprint density at radius 1 is 1.17 bits per heavy atom.